The lowest BCUT2D eigenvalue weighted by atomic mass is 10.0. The maximum Gasteiger partial charge on any atom is 0.239 e. The molecule has 1 aliphatic rings. The summed E-state index contributed by atoms with van der Waals surface area (Å²) in [6, 6.07) is 9.65. The number of rotatable bonds is 7. The van der Waals surface area contributed by atoms with Crippen molar-refractivity contribution in [2.45, 2.75) is 32.7 Å². The van der Waals surface area contributed by atoms with Gasteiger partial charge in [0.2, 0.25) is 5.91 Å². The van der Waals surface area contributed by atoms with Crippen LogP contribution in [0, 0.1) is 5.92 Å². The van der Waals surface area contributed by atoms with Gasteiger partial charge in [-0.3, -0.25) is 4.79 Å². The van der Waals surface area contributed by atoms with Gasteiger partial charge in [-0.25, -0.2) is 0 Å². The number of nitrogens with zero attached hydrogens (tertiary/aromatic N) is 1. The Labute approximate surface area is 139 Å². The molecule has 0 unspecified atom stereocenters. The Morgan fingerprint density at radius 3 is 2.45 bits per heavy atom. The van der Waals surface area contributed by atoms with Gasteiger partial charge >= 0.3 is 0 Å². The number of carbonyl (C=O) groups excluding carboxylic acids is 1. The van der Waals surface area contributed by atoms with Crippen LogP contribution in [0.2, 0.25) is 0 Å². The Morgan fingerprint density at radius 1 is 1.23 bits per heavy atom. The number of ether oxygens (including phenoxy) is 1. The molecule has 1 aromatic carbocycles. The smallest absolute Gasteiger partial charge is 0.239 e. The third-order valence-corrected chi connectivity index (χ3v) is 3.83. The third-order valence-electron chi connectivity index (χ3n) is 3.83. The first-order chi connectivity index (χ1) is 10.2. The molecular weight excluding hydrogens is 300 g/mol. The van der Waals surface area contributed by atoms with Crippen LogP contribution in [0.1, 0.15) is 26.7 Å². The largest absolute Gasteiger partial charge is 0.492 e. The number of benzene rings is 1. The van der Waals surface area contributed by atoms with Gasteiger partial charge < -0.3 is 15.0 Å². The zero-order chi connectivity index (χ0) is 15.1. The number of halogens is 1. The first-order valence-corrected chi connectivity index (χ1v) is 7.88. The van der Waals surface area contributed by atoms with E-state index in [0.29, 0.717) is 13.2 Å². The first kappa shape index (κ1) is 18.8. The number of hydrogen-bond acceptors (Lipinski definition) is 3. The van der Waals surface area contributed by atoms with Gasteiger partial charge in [-0.15, -0.1) is 12.4 Å². The number of likely N-dealkylation sites (tertiary alicyclic amines) is 1. The van der Waals surface area contributed by atoms with Gasteiger partial charge in [-0.1, -0.05) is 32.0 Å². The summed E-state index contributed by atoms with van der Waals surface area (Å²) >= 11 is 0. The van der Waals surface area contributed by atoms with Crippen LogP contribution in [0.5, 0.6) is 5.75 Å². The molecule has 0 saturated carbocycles. The van der Waals surface area contributed by atoms with E-state index in [2.05, 4.69) is 19.2 Å². The summed E-state index contributed by atoms with van der Waals surface area (Å²) in [6.07, 6.45) is 2.27. The van der Waals surface area contributed by atoms with E-state index in [4.69, 9.17) is 4.74 Å². The molecule has 0 aliphatic carbocycles. The molecule has 0 aromatic heterocycles. The molecule has 1 atom stereocenters. The van der Waals surface area contributed by atoms with E-state index in [1.807, 2.05) is 35.2 Å². The van der Waals surface area contributed by atoms with Crippen LogP contribution in [0.25, 0.3) is 0 Å². The maximum atomic E-state index is 12.5. The average Bonchev–Trinajstić information content (AvgIpc) is 3.01. The highest BCUT2D eigenvalue weighted by atomic mass is 35.5. The summed E-state index contributed by atoms with van der Waals surface area (Å²) in [5.41, 5.74) is 0. The Bertz CT molecular complexity index is 434. The van der Waals surface area contributed by atoms with Gasteiger partial charge in [0.05, 0.1) is 6.04 Å². The van der Waals surface area contributed by atoms with Crippen molar-refractivity contribution in [2.24, 2.45) is 5.92 Å². The van der Waals surface area contributed by atoms with Gasteiger partial charge in [0.15, 0.2) is 0 Å². The normalized spacial score (nSPS) is 15.5. The van der Waals surface area contributed by atoms with Crippen LogP contribution >= 0.6 is 12.4 Å². The highest BCUT2D eigenvalue weighted by molar-refractivity contribution is 5.85. The summed E-state index contributed by atoms with van der Waals surface area (Å²) in [5, 5.41) is 3.35. The van der Waals surface area contributed by atoms with Crippen molar-refractivity contribution < 1.29 is 9.53 Å². The lowest BCUT2D eigenvalue weighted by Crippen LogP contribution is -2.49. The van der Waals surface area contributed by atoms with Crippen LogP contribution < -0.4 is 10.1 Å². The Morgan fingerprint density at radius 2 is 1.86 bits per heavy atom. The number of nitrogens with one attached hydrogen (secondary N) is 1. The molecule has 0 bridgehead atoms. The topological polar surface area (TPSA) is 41.6 Å². The van der Waals surface area contributed by atoms with Crippen LogP contribution in [0.4, 0.5) is 0 Å². The van der Waals surface area contributed by atoms with Gasteiger partial charge in [0, 0.05) is 19.6 Å². The van der Waals surface area contributed by atoms with Crippen LogP contribution in [-0.2, 0) is 4.79 Å². The van der Waals surface area contributed by atoms with E-state index in [-0.39, 0.29) is 30.3 Å². The van der Waals surface area contributed by atoms with Crippen LogP contribution in [0.3, 0.4) is 0 Å². The fourth-order valence-electron chi connectivity index (χ4n) is 2.64. The van der Waals surface area contributed by atoms with Crippen molar-refractivity contribution in [2.75, 3.05) is 26.2 Å². The van der Waals surface area contributed by atoms with E-state index in [9.17, 15) is 4.79 Å². The summed E-state index contributed by atoms with van der Waals surface area (Å²) in [4.78, 5) is 14.5. The molecule has 22 heavy (non-hydrogen) atoms. The quantitative estimate of drug-likeness (QED) is 0.783. The molecule has 124 valence electrons. The molecular formula is C17H27ClN2O2. The first-order valence-electron chi connectivity index (χ1n) is 7.88. The standard InChI is InChI=1S/C17H26N2O2.ClH/c1-14(2)16(17(20)19-11-6-7-12-19)18-10-13-21-15-8-4-3-5-9-15;/h3-5,8-9,14,16,18H,6-7,10-13H2,1-2H3;1H/t16-;/m0./s1. The second kappa shape index (κ2) is 9.70. The Balaban J connectivity index is 0.00000242. The Hall–Kier alpha value is -1.26. The predicted octanol–water partition coefficient (Wildman–Crippen LogP) is 2.72. The van der Waals surface area contributed by atoms with Crippen molar-refractivity contribution in [1.29, 1.82) is 0 Å². The molecule has 4 nitrogen and oxygen atoms in total. The zero-order valence-electron chi connectivity index (χ0n) is 13.5. The van der Waals surface area contributed by atoms with Crippen molar-refractivity contribution in [1.82, 2.24) is 10.2 Å². The van der Waals surface area contributed by atoms with Crippen molar-refractivity contribution in [3.8, 4) is 5.75 Å². The molecule has 1 saturated heterocycles. The van der Waals surface area contributed by atoms with E-state index >= 15 is 0 Å². The fourth-order valence-corrected chi connectivity index (χ4v) is 2.64. The molecule has 2 rings (SSSR count). The number of hydrogen-bond donors (Lipinski definition) is 1. The molecule has 0 spiro atoms. The highest BCUT2D eigenvalue weighted by Gasteiger charge is 2.28. The minimum absolute atomic E-state index is 0. The SMILES string of the molecule is CC(C)[C@H](NCCOc1ccccc1)C(=O)N1CCCC1.Cl. The average molecular weight is 327 g/mol. The molecule has 1 amide bonds. The minimum atomic E-state index is -0.109. The van der Waals surface area contributed by atoms with Crippen molar-refractivity contribution >= 4 is 18.3 Å². The van der Waals surface area contributed by atoms with Gasteiger partial charge in [0.1, 0.15) is 12.4 Å². The monoisotopic (exact) mass is 326 g/mol. The highest BCUT2D eigenvalue weighted by Crippen LogP contribution is 2.13. The summed E-state index contributed by atoms with van der Waals surface area (Å²) in [7, 11) is 0. The summed E-state index contributed by atoms with van der Waals surface area (Å²) < 4.78 is 5.65. The molecule has 0 radical (unpaired) electrons. The van der Waals surface area contributed by atoms with E-state index in [0.717, 1.165) is 31.7 Å². The van der Waals surface area contributed by atoms with E-state index in [1.54, 1.807) is 0 Å². The number of para-hydroxylation sites is 1. The van der Waals surface area contributed by atoms with E-state index < -0.39 is 0 Å². The summed E-state index contributed by atoms with van der Waals surface area (Å²) in [6.45, 7) is 7.24. The van der Waals surface area contributed by atoms with Crippen molar-refractivity contribution in [3.63, 3.8) is 0 Å². The summed E-state index contributed by atoms with van der Waals surface area (Å²) in [5.74, 6) is 1.39. The molecule has 1 aliphatic heterocycles. The maximum absolute atomic E-state index is 12.5. The molecule has 1 N–H and O–H groups in total. The van der Waals surface area contributed by atoms with Crippen LogP contribution in [0.15, 0.2) is 30.3 Å². The molecule has 1 aromatic rings. The molecule has 1 heterocycles. The second-order valence-electron chi connectivity index (χ2n) is 5.87. The number of carbonyl (C=O) groups is 1. The predicted molar refractivity (Wildman–Crippen MR) is 91.6 cm³/mol. The minimum Gasteiger partial charge on any atom is -0.492 e. The molecule has 5 heteroatoms. The fraction of sp³-hybridized carbons (Fsp3) is 0.588. The Kier molecular flexibility index (Phi) is 8.28. The van der Waals surface area contributed by atoms with E-state index in [1.165, 1.54) is 0 Å². The lowest BCUT2D eigenvalue weighted by Gasteiger charge is -2.26. The third kappa shape index (κ3) is 5.50. The number of amides is 1. The molecule has 1 fully saturated rings. The van der Waals surface area contributed by atoms with Crippen molar-refractivity contribution in [3.05, 3.63) is 30.3 Å². The second-order valence-corrected chi connectivity index (χ2v) is 5.87. The van der Waals surface area contributed by atoms with Gasteiger partial charge in [-0.2, -0.15) is 0 Å². The van der Waals surface area contributed by atoms with Gasteiger partial charge in [-0.05, 0) is 30.9 Å². The zero-order valence-corrected chi connectivity index (χ0v) is 14.3. The lowest BCUT2D eigenvalue weighted by molar-refractivity contribution is -0.133. The van der Waals surface area contributed by atoms with Gasteiger partial charge in [0.25, 0.3) is 0 Å². The van der Waals surface area contributed by atoms with Crippen LogP contribution in [-0.4, -0.2) is 43.1 Å².